The molecule has 0 aromatic heterocycles. The van der Waals surface area contributed by atoms with Gasteiger partial charge in [0.05, 0.1) is 5.38 Å². The molecule has 0 saturated carbocycles. The van der Waals surface area contributed by atoms with E-state index in [9.17, 15) is 0 Å². The molecule has 0 bridgehead atoms. The van der Waals surface area contributed by atoms with Gasteiger partial charge in [0.1, 0.15) is 0 Å². The third-order valence-electron chi connectivity index (χ3n) is 3.43. The SMILES string of the molecule is C=C(NC(C)C(Cl)[C@@H](C)/C=C\C=C/C)C(C)CCC. The van der Waals surface area contributed by atoms with Crippen molar-refractivity contribution in [2.45, 2.75) is 58.9 Å². The number of nitrogens with one attached hydrogen (secondary N) is 1. The summed E-state index contributed by atoms with van der Waals surface area (Å²) in [6.07, 6.45) is 10.6. The standard InChI is InChI=1S/C17H30ClN/c1-7-9-10-12-14(4)17(18)16(6)19-15(5)13(3)11-8-2/h7,9-10,12-14,16-17,19H,5,8,11H2,1-4,6H3/b9-7-,12-10-/t13?,14-,16?,17?/m0/s1. The van der Waals surface area contributed by atoms with Crippen LogP contribution in [0.1, 0.15) is 47.5 Å². The number of hydrogen-bond donors (Lipinski definition) is 1. The van der Waals surface area contributed by atoms with E-state index in [2.05, 4.69) is 51.7 Å². The van der Waals surface area contributed by atoms with Crippen LogP contribution in [0.3, 0.4) is 0 Å². The molecule has 0 aliphatic carbocycles. The highest BCUT2D eigenvalue weighted by Crippen LogP contribution is 2.19. The highest BCUT2D eigenvalue weighted by molar-refractivity contribution is 6.21. The average molecular weight is 284 g/mol. The van der Waals surface area contributed by atoms with E-state index in [1.165, 1.54) is 12.8 Å². The molecule has 0 aromatic rings. The first-order chi connectivity index (χ1) is 8.93. The second-order valence-corrected chi connectivity index (χ2v) is 5.87. The van der Waals surface area contributed by atoms with Gasteiger partial charge in [0.25, 0.3) is 0 Å². The molecule has 0 heterocycles. The number of hydrogen-bond acceptors (Lipinski definition) is 1. The number of rotatable bonds is 9. The fraction of sp³-hybridized carbons (Fsp3) is 0.647. The van der Waals surface area contributed by atoms with E-state index in [0.717, 1.165) is 5.70 Å². The molecule has 1 N–H and O–H groups in total. The predicted octanol–water partition coefficient (Wildman–Crippen LogP) is 5.29. The van der Waals surface area contributed by atoms with Gasteiger partial charge < -0.3 is 5.32 Å². The Labute approximate surface area is 124 Å². The van der Waals surface area contributed by atoms with Crippen LogP contribution in [0.2, 0.25) is 0 Å². The molecule has 0 rings (SSSR count). The van der Waals surface area contributed by atoms with Crippen molar-refractivity contribution < 1.29 is 0 Å². The molecule has 19 heavy (non-hydrogen) atoms. The zero-order valence-electron chi connectivity index (χ0n) is 13.1. The van der Waals surface area contributed by atoms with Crippen molar-refractivity contribution in [1.82, 2.24) is 5.32 Å². The van der Waals surface area contributed by atoms with Gasteiger partial charge in [-0.15, -0.1) is 11.6 Å². The molecular weight excluding hydrogens is 254 g/mol. The highest BCUT2D eigenvalue weighted by atomic mass is 35.5. The molecule has 1 nitrogen and oxygen atoms in total. The van der Waals surface area contributed by atoms with Crippen LogP contribution in [-0.2, 0) is 0 Å². The molecule has 0 aromatic carbocycles. The molecule has 0 saturated heterocycles. The Morgan fingerprint density at radius 2 is 1.89 bits per heavy atom. The van der Waals surface area contributed by atoms with Gasteiger partial charge in [0, 0.05) is 11.7 Å². The summed E-state index contributed by atoms with van der Waals surface area (Å²) in [6, 6.07) is 0.221. The van der Waals surface area contributed by atoms with Crippen LogP contribution in [0.5, 0.6) is 0 Å². The molecule has 0 aliphatic rings. The number of alkyl halides is 1. The Kier molecular flexibility index (Phi) is 9.77. The largest absolute Gasteiger partial charge is 0.385 e. The van der Waals surface area contributed by atoms with Crippen molar-refractivity contribution >= 4 is 11.6 Å². The molecule has 0 spiro atoms. The van der Waals surface area contributed by atoms with Gasteiger partial charge in [-0.05, 0) is 32.1 Å². The van der Waals surface area contributed by atoms with Crippen molar-refractivity contribution in [2.75, 3.05) is 0 Å². The van der Waals surface area contributed by atoms with E-state index in [0.29, 0.717) is 11.8 Å². The maximum absolute atomic E-state index is 6.51. The van der Waals surface area contributed by atoms with E-state index in [4.69, 9.17) is 11.6 Å². The van der Waals surface area contributed by atoms with Crippen LogP contribution >= 0.6 is 11.6 Å². The van der Waals surface area contributed by atoms with E-state index in [1.54, 1.807) is 0 Å². The predicted molar refractivity (Wildman–Crippen MR) is 88.6 cm³/mol. The Bertz CT molecular complexity index is 306. The summed E-state index contributed by atoms with van der Waals surface area (Å²) in [5.41, 5.74) is 1.10. The van der Waals surface area contributed by atoms with Crippen LogP contribution < -0.4 is 5.32 Å². The van der Waals surface area contributed by atoms with Gasteiger partial charge in [-0.1, -0.05) is 58.1 Å². The smallest absolute Gasteiger partial charge is 0.0594 e. The average Bonchev–Trinajstić information content (AvgIpc) is 2.38. The van der Waals surface area contributed by atoms with Crippen molar-refractivity contribution in [3.05, 3.63) is 36.6 Å². The zero-order valence-corrected chi connectivity index (χ0v) is 13.9. The lowest BCUT2D eigenvalue weighted by Crippen LogP contribution is -2.37. The molecule has 4 atom stereocenters. The topological polar surface area (TPSA) is 12.0 Å². The Balaban J connectivity index is 4.32. The van der Waals surface area contributed by atoms with E-state index in [-0.39, 0.29) is 11.4 Å². The molecule has 3 unspecified atom stereocenters. The maximum atomic E-state index is 6.51. The molecular formula is C17H30ClN. The minimum Gasteiger partial charge on any atom is -0.385 e. The minimum absolute atomic E-state index is 0.0621. The van der Waals surface area contributed by atoms with Crippen molar-refractivity contribution in [1.29, 1.82) is 0 Å². The monoisotopic (exact) mass is 283 g/mol. The molecule has 110 valence electrons. The fourth-order valence-corrected chi connectivity index (χ4v) is 2.18. The molecule has 0 aliphatic heterocycles. The first-order valence-corrected chi connectivity index (χ1v) is 7.76. The third-order valence-corrected chi connectivity index (χ3v) is 4.20. The molecule has 2 heteroatoms. The van der Waals surface area contributed by atoms with E-state index in [1.807, 2.05) is 19.1 Å². The van der Waals surface area contributed by atoms with Gasteiger partial charge in [-0.25, -0.2) is 0 Å². The first-order valence-electron chi connectivity index (χ1n) is 7.32. The van der Waals surface area contributed by atoms with Crippen LogP contribution in [0, 0.1) is 11.8 Å². The van der Waals surface area contributed by atoms with Crippen molar-refractivity contribution in [3.63, 3.8) is 0 Å². The lowest BCUT2D eigenvalue weighted by Gasteiger charge is -2.27. The lowest BCUT2D eigenvalue weighted by molar-refractivity contribution is 0.467. The highest BCUT2D eigenvalue weighted by Gasteiger charge is 2.20. The van der Waals surface area contributed by atoms with Crippen LogP contribution in [0.4, 0.5) is 0 Å². The van der Waals surface area contributed by atoms with Crippen LogP contribution in [0.15, 0.2) is 36.6 Å². The van der Waals surface area contributed by atoms with E-state index < -0.39 is 0 Å². The Hall–Kier alpha value is -0.690. The van der Waals surface area contributed by atoms with Crippen LogP contribution in [-0.4, -0.2) is 11.4 Å². The van der Waals surface area contributed by atoms with Gasteiger partial charge in [-0.3, -0.25) is 0 Å². The summed E-state index contributed by atoms with van der Waals surface area (Å²) in [5.74, 6) is 0.833. The van der Waals surface area contributed by atoms with Crippen LogP contribution in [0.25, 0.3) is 0 Å². The normalized spacial score (nSPS) is 18.4. The number of halogens is 1. The summed E-state index contributed by atoms with van der Waals surface area (Å²) < 4.78 is 0. The molecule has 0 radical (unpaired) electrons. The third kappa shape index (κ3) is 7.47. The summed E-state index contributed by atoms with van der Waals surface area (Å²) in [7, 11) is 0. The Morgan fingerprint density at radius 3 is 2.42 bits per heavy atom. The zero-order chi connectivity index (χ0) is 14.8. The van der Waals surface area contributed by atoms with Crippen molar-refractivity contribution in [2.24, 2.45) is 11.8 Å². The van der Waals surface area contributed by atoms with E-state index >= 15 is 0 Å². The van der Waals surface area contributed by atoms with Gasteiger partial charge in [0.2, 0.25) is 0 Å². The number of allylic oxidation sites excluding steroid dienone is 5. The summed E-state index contributed by atoms with van der Waals surface area (Å²) in [6.45, 7) is 14.8. The summed E-state index contributed by atoms with van der Waals surface area (Å²) in [4.78, 5) is 0. The lowest BCUT2D eigenvalue weighted by atomic mass is 9.98. The maximum Gasteiger partial charge on any atom is 0.0594 e. The second kappa shape index (κ2) is 10.1. The van der Waals surface area contributed by atoms with Crippen molar-refractivity contribution in [3.8, 4) is 0 Å². The minimum atomic E-state index is 0.0621. The summed E-state index contributed by atoms with van der Waals surface area (Å²) in [5, 5.41) is 3.52. The molecule has 0 fully saturated rings. The Morgan fingerprint density at radius 1 is 1.26 bits per heavy atom. The van der Waals surface area contributed by atoms with Gasteiger partial charge in [-0.2, -0.15) is 0 Å². The first kappa shape index (κ1) is 18.3. The quantitative estimate of drug-likeness (QED) is 0.448. The molecule has 0 amide bonds. The van der Waals surface area contributed by atoms with Gasteiger partial charge in [0.15, 0.2) is 0 Å². The fourth-order valence-electron chi connectivity index (χ4n) is 2.03. The summed E-state index contributed by atoms with van der Waals surface area (Å²) >= 11 is 6.51. The van der Waals surface area contributed by atoms with Gasteiger partial charge >= 0.3 is 0 Å². The second-order valence-electron chi connectivity index (χ2n) is 5.36.